The second kappa shape index (κ2) is 6.44. The fraction of sp³-hybridized carbons (Fsp3) is 0.533. The summed E-state index contributed by atoms with van der Waals surface area (Å²) in [6.07, 6.45) is 3.80. The van der Waals surface area contributed by atoms with Crippen LogP contribution < -0.4 is 11.1 Å². The number of nitriles is 1. The number of hydrogen-bond acceptors (Lipinski definition) is 4. The molecule has 0 atom stereocenters. The number of hydrogen-bond donors (Lipinski definition) is 2. The summed E-state index contributed by atoms with van der Waals surface area (Å²) in [6.45, 7) is 3.41. The van der Waals surface area contributed by atoms with Gasteiger partial charge in [0, 0.05) is 12.2 Å². The molecular weight excluding hydrogens is 236 g/mol. The third-order valence-corrected chi connectivity index (χ3v) is 3.89. The van der Waals surface area contributed by atoms with Gasteiger partial charge in [-0.25, -0.2) is 0 Å². The molecule has 1 fully saturated rings. The molecule has 0 spiro atoms. The van der Waals surface area contributed by atoms with E-state index in [-0.39, 0.29) is 0 Å². The van der Waals surface area contributed by atoms with Crippen LogP contribution in [0.15, 0.2) is 18.2 Å². The Balaban J connectivity index is 1.77. The topological polar surface area (TPSA) is 65.1 Å². The van der Waals surface area contributed by atoms with Crippen molar-refractivity contribution in [2.45, 2.75) is 19.3 Å². The molecule has 0 saturated carbocycles. The molecule has 4 nitrogen and oxygen atoms in total. The van der Waals surface area contributed by atoms with Gasteiger partial charge in [0.15, 0.2) is 0 Å². The highest BCUT2D eigenvalue weighted by molar-refractivity contribution is 5.62. The van der Waals surface area contributed by atoms with Crippen molar-refractivity contribution in [1.82, 2.24) is 4.90 Å². The first kappa shape index (κ1) is 13.7. The summed E-state index contributed by atoms with van der Waals surface area (Å²) in [5.74, 6) is 0.833. The van der Waals surface area contributed by atoms with Crippen LogP contribution >= 0.6 is 0 Å². The fourth-order valence-corrected chi connectivity index (χ4v) is 2.55. The van der Waals surface area contributed by atoms with E-state index < -0.39 is 0 Å². The highest BCUT2D eigenvalue weighted by Crippen LogP contribution is 2.21. The molecule has 1 aliphatic rings. The van der Waals surface area contributed by atoms with Gasteiger partial charge in [-0.2, -0.15) is 5.26 Å². The van der Waals surface area contributed by atoms with E-state index in [1.54, 1.807) is 6.07 Å². The summed E-state index contributed by atoms with van der Waals surface area (Å²) in [6, 6.07) is 7.61. The number of anilines is 2. The lowest BCUT2D eigenvalue weighted by molar-refractivity contribution is 0.215. The van der Waals surface area contributed by atoms with E-state index >= 15 is 0 Å². The molecule has 0 aromatic heterocycles. The maximum Gasteiger partial charge on any atom is 0.101 e. The molecule has 1 saturated heterocycles. The van der Waals surface area contributed by atoms with E-state index in [4.69, 9.17) is 11.0 Å². The number of benzene rings is 1. The zero-order chi connectivity index (χ0) is 13.7. The number of rotatable bonds is 4. The molecule has 0 unspecified atom stereocenters. The van der Waals surface area contributed by atoms with Gasteiger partial charge in [0.2, 0.25) is 0 Å². The minimum Gasteiger partial charge on any atom is -0.398 e. The van der Waals surface area contributed by atoms with Gasteiger partial charge in [-0.1, -0.05) is 0 Å². The second-order valence-corrected chi connectivity index (χ2v) is 5.38. The summed E-state index contributed by atoms with van der Waals surface area (Å²) >= 11 is 0. The molecule has 1 aromatic carbocycles. The van der Waals surface area contributed by atoms with Crippen molar-refractivity contribution in [3.8, 4) is 6.07 Å². The third-order valence-electron chi connectivity index (χ3n) is 3.89. The van der Waals surface area contributed by atoms with Crippen LogP contribution in [0.3, 0.4) is 0 Å². The lowest BCUT2D eigenvalue weighted by Gasteiger charge is -2.29. The predicted octanol–water partition coefficient (Wildman–Crippen LogP) is 2.28. The summed E-state index contributed by atoms with van der Waals surface area (Å²) in [4.78, 5) is 2.39. The number of nitrogens with zero attached hydrogens (tertiary/aromatic N) is 2. The van der Waals surface area contributed by atoms with E-state index in [0.717, 1.165) is 18.2 Å². The maximum atomic E-state index is 8.82. The van der Waals surface area contributed by atoms with E-state index in [2.05, 4.69) is 23.3 Å². The van der Waals surface area contributed by atoms with E-state index in [0.29, 0.717) is 11.3 Å². The van der Waals surface area contributed by atoms with Crippen LogP contribution in [0.25, 0.3) is 0 Å². The van der Waals surface area contributed by atoms with Crippen LogP contribution in [0, 0.1) is 17.2 Å². The molecule has 1 aliphatic heterocycles. The normalized spacial score (nSPS) is 17.1. The second-order valence-electron chi connectivity index (χ2n) is 5.38. The Bertz CT molecular complexity index is 456. The van der Waals surface area contributed by atoms with E-state index in [1.165, 1.54) is 32.4 Å². The van der Waals surface area contributed by atoms with Gasteiger partial charge in [0.25, 0.3) is 0 Å². The number of nitrogens with one attached hydrogen (secondary N) is 1. The van der Waals surface area contributed by atoms with Gasteiger partial charge < -0.3 is 16.0 Å². The third kappa shape index (κ3) is 3.87. The van der Waals surface area contributed by atoms with Crippen LogP contribution in [0.5, 0.6) is 0 Å². The van der Waals surface area contributed by atoms with Gasteiger partial charge >= 0.3 is 0 Å². The molecule has 2 rings (SSSR count). The Morgan fingerprint density at radius 1 is 1.42 bits per heavy atom. The Morgan fingerprint density at radius 2 is 2.16 bits per heavy atom. The summed E-state index contributed by atoms with van der Waals surface area (Å²) < 4.78 is 0. The van der Waals surface area contributed by atoms with Gasteiger partial charge in [-0.05, 0) is 63.5 Å². The molecule has 4 heteroatoms. The maximum absolute atomic E-state index is 8.82. The first-order chi connectivity index (χ1) is 9.19. The lowest BCUT2D eigenvalue weighted by atomic mass is 9.94. The van der Waals surface area contributed by atoms with Crippen LogP contribution in [0.2, 0.25) is 0 Å². The highest BCUT2D eigenvalue weighted by atomic mass is 15.1. The molecule has 1 aromatic rings. The van der Waals surface area contributed by atoms with Crippen molar-refractivity contribution in [2.75, 3.05) is 37.7 Å². The SMILES string of the molecule is CN1CCC(CCNc2ccc(C#N)c(N)c2)CC1. The monoisotopic (exact) mass is 258 g/mol. The highest BCUT2D eigenvalue weighted by Gasteiger charge is 2.15. The standard InChI is InChI=1S/C15H22N4/c1-19-8-5-12(6-9-19)4-7-18-14-3-2-13(11-16)15(17)10-14/h2-3,10,12,18H,4-9,17H2,1H3. The van der Waals surface area contributed by atoms with Crippen molar-refractivity contribution >= 4 is 11.4 Å². The largest absolute Gasteiger partial charge is 0.398 e. The van der Waals surface area contributed by atoms with Gasteiger partial charge in [-0.3, -0.25) is 0 Å². The fourth-order valence-electron chi connectivity index (χ4n) is 2.55. The first-order valence-electron chi connectivity index (χ1n) is 6.91. The molecule has 3 N–H and O–H groups in total. The molecule has 0 radical (unpaired) electrons. The molecule has 1 heterocycles. The Kier molecular flexibility index (Phi) is 4.64. The Labute approximate surface area is 115 Å². The lowest BCUT2D eigenvalue weighted by Crippen LogP contribution is -2.30. The molecule has 19 heavy (non-hydrogen) atoms. The summed E-state index contributed by atoms with van der Waals surface area (Å²) in [5, 5.41) is 12.2. The number of nitrogens with two attached hydrogens (primary N) is 1. The minimum atomic E-state index is 0.542. The van der Waals surface area contributed by atoms with Crippen molar-refractivity contribution < 1.29 is 0 Å². The number of piperidine rings is 1. The van der Waals surface area contributed by atoms with Crippen molar-refractivity contribution in [3.63, 3.8) is 0 Å². The van der Waals surface area contributed by atoms with Crippen LogP contribution in [-0.4, -0.2) is 31.6 Å². The average molecular weight is 258 g/mol. The summed E-state index contributed by atoms with van der Waals surface area (Å²) in [7, 11) is 2.19. The zero-order valence-corrected chi connectivity index (χ0v) is 11.5. The smallest absolute Gasteiger partial charge is 0.101 e. The van der Waals surface area contributed by atoms with Gasteiger partial charge in [-0.15, -0.1) is 0 Å². The predicted molar refractivity (Wildman–Crippen MR) is 78.9 cm³/mol. The number of nitrogen functional groups attached to an aromatic ring is 1. The van der Waals surface area contributed by atoms with Crippen molar-refractivity contribution in [2.24, 2.45) is 5.92 Å². The van der Waals surface area contributed by atoms with Crippen LogP contribution in [-0.2, 0) is 0 Å². The van der Waals surface area contributed by atoms with E-state index in [1.807, 2.05) is 12.1 Å². The van der Waals surface area contributed by atoms with Crippen molar-refractivity contribution in [1.29, 1.82) is 5.26 Å². The van der Waals surface area contributed by atoms with Crippen molar-refractivity contribution in [3.05, 3.63) is 23.8 Å². The van der Waals surface area contributed by atoms with Gasteiger partial charge in [0.1, 0.15) is 6.07 Å². The Morgan fingerprint density at radius 3 is 2.79 bits per heavy atom. The minimum absolute atomic E-state index is 0.542. The van der Waals surface area contributed by atoms with Gasteiger partial charge in [0.05, 0.1) is 11.3 Å². The summed E-state index contributed by atoms with van der Waals surface area (Å²) in [5.41, 5.74) is 7.89. The Hall–Kier alpha value is -1.73. The molecule has 102 valence electrons. The number of likely N-dealkylation sites (tertiary alicyclic amines) is 1. The molecule has 0 amide bonds. The first-order valence-corrected chi connectivity index (χ1v) is 6.91. The van der Waals surface area contributed by atoms with Crippen LogP contribution in [0.4, 0.5) is 11.4 Å². The average Bonchev–Trinajstić information content (AvgIpc) is 2.41. The van der Waals surface area contributed by atoms with Crippen LogP contribution in [0.1, 0.15) is 24.8 Å². The molecular formula is C15H22N4. The quantitative estimate of drug-likeness (QED) is 0.813. The van der Waals surface area contributed by atoms with E-state index in [9.17, 15) is 0 Å². The molecule has 0 bridgehead atoms. The molecule has 0 aliphatic carbocycles. The zero-order valence-electron chi connectivity index (χ0n) is 11.5.